The van der Waals surface area contributed by atoms with Crippen molar-refractivity contribution < 1.29 is 9.32 Å². The van der Waals surface area contributed by atoms with E-state index in [0.29, 0.717) is 18.1 Å². The number of pyridine rings is 1. The molecule has 1 unspecified atom stereocenters. The Morgan fingerprint density at radius 2 is 2.28 bits per heavy atom. The van der Waals surface area contributed by atoms with Crippen LogP contribution < -0.4 is 0 Å². The summed E-state index contributed by atoms with van der Waals surface area (Å²) in [7, 11) is 0. The summed E-state index contributed by atoms with van der Waals surface area (Å²) in [5, 5.41) is 3.93. The number of nitrogens with zero attached hydrogens (tertiary/aromatic N) is 3. The number of carbonyl (C=O) groups excluding carboxylic acids is 1. The molecule has 0 N–H and O–H groups in total. The van der Waals surface area contributed by atoms with Gasteiger partial charge >= 0.3 is 0 Å². The number of aryl methyl sites for hydroxylation is 1. The zero-order chi connectivity index (χ0) is 13.1. The van der Waals surface area contributed by atoms with Crippen LogP contribution in [0.3, 0.4) is 0 Å². The van der Waals surface area contributed by atoms with Gasteiger partial charge in [-0.25, -0.2) is 0 Å². The maximum Gasteiger partial charge on any atom is 0.237 e. The van der Waals surface area contributed by atoms with Crippen LogP contribution in [0.1, 0.15) is 37.6 Å². The standard InChI is InChI=1S/C13H15N3O2/c1-4-10(9(3)17)13-15-12(16-18-13)11-5-6-14-7-8(11)2/h5-7,10H,4H2,1-3H3. The minimum atomic E-state index is -0.312. The lowest BCUT2D eigenvalue weighted by atomic mass is 10.0. The first kappa shape index (κ1) is 12.4. The van der Waals surface area contributed by atoms with E-state index in [1.54, 1.807) is 12.4 Å². The van der Waals surface area contributed by atoms with E-state index in [1.165, 1.54) is 6.92 Å². The molecule has 2 aromatic heterocycles. The molecule has 0 aromatic carbocycles. The van der Waals surface area contributed by atoms with Crippen LogP contribution in [0.2, 0.25) is 0 Å². The summed E-state index contributed by atoms with van der Waals surface area (Å²) in [6.45, 7) is 5.39. The van der Waals surface area contributed by atoms with Gasteiger partial charge in [-0.3, -0.25) is 9.78 Å². The van der Waals surface area contributed by atoms with E-state index >= 15 is 0 Å². The molecular weight excluding hydrogens is 230 g/mol. The number of hydrogen-bond donors (Lipinski definition) is 0. The lowest BCUT2D eigenvalue weighted by Crippen LogP contribution is -2.07. The lowest BCUT2D eigenvalue weighted by molar-refractivity contribution is -0.119. The van der Waals surface area contributed by atoms with E-state index in [0.717, 1.165) is 11.1 Å². The van der Waals surface area contributed by atoms with Gasteiger partial charge in [0.2, 0.25) is 11.7 Å². The second-order valence-corrected chi connectivity index (χ2v) is 4.22. The molecule has 0 fully saturated rings. The lowest BCUT2D eigenvalue weighted by Gasteiger charge is -2.03. The quantitative estimate of drug-likeness (QED) is 0.827. The first-order valence-electron chi connectivity index (χ1n) is 5.88. The highest BCUT2D eigenvalue weighted by Gasteiger charge is 2.22. The van der Waals surface area contributed by atoms with Crippen molar-refractivity contribution in [3.05, 3.63) is 29.9 Å². The highest BCUT2D eigenvalue weighted by atomic mass is 16.5. The van der Waals surface area contributed by atoms with Gasteiger partial charge in [-0.1, -0.05) is 12.1 Å². The molecule has 94 valence electrons. The molecule has 1 atom stereocenters. The van der Waals surface area contributed by atoms with Crippen LogP contribution in [0.4, 0.5) is 0 Å². The molecule has 0 aliphatic carbocycles. The Morgan fingerprint density at radius 1 is 1.50 bits per heavy atom. The van der Waals surface area contributed by atoms with Crippen molar-refractivity contribution in [2.45, 2.75) is 33.1 Å². The molecule has 0 amide bonds. The zero-order valence-corrected chi connectivity index (χ0v) is 10.7. The Kier molecular flexibility index (Phi) is 3.50. The van der Waals surface area contributed by atoms with Gasteiger partial charge in [-0.05, 0) is 31.9 Å². The highest BCUT2D eigenvalue weighted by molar-refractivity contribution is 5.82. The largest absolute Gasteiger partial charge is 0.338 e. The molecule has 5 heteroatoms. The number of ketones is 1. The van der Waals surface area contributed by atoms with E-state index in [9.17, 15) is 4.79 Å². The number of Topliss-reactive ketones (excluding diaryl/α,β-unsaturated/α-hetero) is 1. The Bertz CT molecular complexity index is 563. The predicted molar refractivity (Wildman–Crippen MR) is 66.0 cm³/mol. The summed E-state index contributed by atoms with van der Waals surface area (Å²) in [6, 6.07) is 1.83. The van der Waals surface area contributed by atoms with Crippen molar-refractivity contribution >= 4 is 5.78 Å². The highest BCUT2D eigenvalue weighted by Crippen LogP contribution is 2.24. The molecule has 18 heavy (non-hydrogen) atoms. The monoisotopic (exact) mass is 245 g/mol. The van der Waals surface area contributed by atoms with Gasteiger partial charge in [0.15, 0.2) is 0 Å². The van der Waals surface area contributed by atoms with E-state index < -0.39 is 0 Å². The Hall–Kier alpha value is -2.04. The van der Waals surface area contributed by atoms with E-state index in [-0.39, 0.29) is 11.7 Å². The fourth-order valence-corrected chi connectivity index (χ4v) is 1.85. The first-order chi connectivity index (χ1) is 8.63. The molecular formula is C13H15N3O2. The van der Waals surface area contributed by atoms with Gasteiger partial charge in [0.1, 0.15) is 5.78 Å². The molecule has 0 spiro atoms. The number of rotatable bonds is 4. The molecule has 0 bridgehead atoms. The molecule has 0 aliphatic heterocycles. The first-order valence-corrected chi connectivity index (χ1v) is 5.88. The van der Waals surface area contributed by atoms with Crippen molar-refractivity contribution in [3.8, 4) is 11.4 Å². The number of aromatic nitrogens is 3. The summed E-state index contributed by atoms with van der Waals surface area (Å²) in [5.41, 5.74) is 1.85. The van der Waals surface area contributed by atoms with Crippen molar-refractivity contribution in [1.29, 1.82) is 0 Å². The van der Waals surface area contributed by atoms with Crippen LogP contribution in [0.5, 0.6) is 0 Å². The van der Waals surface area contributed by atoms with E-state index in [4.69, 9.17) is 4.52 Å². The van der Waals surface area contributed by atoms with Crippen molar-refractivity contribution in [1.82, 2.24) is 15.1 Å². The molecule has 2 aromatic rings. The fourth-order valence-electron chi connectivity index (χ4n) is 1.85. The summed E-state index contributed by atoms with van der Waals surface area (Å²) >= 11 is 0. The van der Waals surface area contributed by atoms with E-state index in [1.807, 2.05) is 19.9 Å². The molecule has 2 heterocycles. The summed E-state index contributed by atoms with van der Waals surface area (Å²) in [5.74, 6) is 0.619. The minimum absolute atomic E-state index is 0.0409. The normalized spacial score (nSPS) is 12.4. The van der Waals surface area contributed by atoms with Gasteiger partial charge in [0.05, 0.1) is 5.92 Å². The number of carbonyl (C=O) groups is 1. The second-order valence-electron chi connectivity index (χ2n) is 4.22. The van der Waals surface area contributed by atoms with Crippen LogP contribution >= 0.6 is 0 Å². The van der Waals surface area contributed by atoms with Crippen LogP contribution in [-0.4, -0.2) is 20.9 Å². The Balaban J connectivity index is 2.36. The topological polar surface area (TPSA) is 68.9 Å². The fraction of sp³-hybridized carbons (Fsp3) is 0.385. The summed E-state index contributed by atoms with van der Waals surface area (Å²) in [4.78, 5) is 19.8. The predicted octanol–water partition coefficient (Wildman–Crippen LogP) is 2.52. The maximum absolute atomic E-state index is 11.5. The van der Waals surface area contributed by atoms with Crippen LogP contribution in [0.15, 0.2) is 23.0 Å². The van der Waals surface area contributed by atoms with E-state index in [2.05, 4.69) is 15.1 Å². The molecule has 0 saturated heterocycles. The summed E-state index contributed by atoms with van der Waals surface area (Å²) in [6.07, 6.45) is 4.08. The average Bonchev–Trinajstić information content (AvgIpc) is 2.79. The van der Waals surface area contributed by atoms with Gasteiger partial charge in [-0.15, -0.1) is 0 Å². The maximum atomic E-state index is 11.5. The average molecular weight is 245 g/mol. The van der Waals surface area contributed by atoms with Crippen molar-refractivity contribution in [3.63, 3.8) is 0 Å². The smallest absolute Gasteiger partial charge is 0.237 e. The SMILES string of the molecule is CCC(C(C)=O)c1nc(-c2ccncc2C)no1. The molecule has 0 saturated carbocycles. The van der Waals surface area contributed by atoms with Crippen LogP contribution in [0, 0.1) is 6.92 Å². The summed E-state index contributed by atoms with van der Waals surface area (Å²) < 4.78 is 5.19. The van der Waals surface area contributed by atoms with Crippen LogP contribution in [-0.2, 0) is 4.79 Å². The van der Waals surface area contributed by atoms with Gasteiger partial charge in [0, 0.05) is 18.0 Å². The minimum Gasteiger partial charge on any atom is -0.338 e. The van der Waals surface area contributed by atoms with Gasteiger partial charge in [-0.2, -0.15) is 4.98 Å². The van der Waals surface area contributed by atoms with Crippen LogP contribution in [0.25, 0.3) is 11.4 Å². The Labute approximate surface area is 105 Å². The van der Waals surface area contributed by atoms with Gasteiger partial charge < -0.3 is 4.52 Å². The third kappa shape index (κ3) is 2.30. The third-order valence-electron chi connectivity index (χ3n) is 2.90. The Morgan fingerprint density at radius 3 is 2.89 bits per heavy atom. The second kappa shape index (κ2) is 5.08. The van der Waals surface area contributed by atoms with Crippen molar-refractivity contribution in [2.24, 2.45) is 0 Å². The molecule has 2 rings (SSSR count). The van der Waals surface area contributed by atoms with Gasteiger partial charge in [0.25, 0.3) is 0 Å². The zero-order valence-electron chi connectivity index (χ0n) is 10.7. The molecule has 0 radical (unpaired) electrons. The molecule has 0 aliphatic rings. The molecule has 5 nitrogen and oxygen atoms in total. The third-order valence-corrected chi connectivity index (χ3v) is 2.90. The number of hydrogen-bond acceptors (Lipinski definition) is 5. The van der Waals surface area contributed by atoms with Crippen molar-refractivity contribution in [2.75, 3.05) is 0 Å².